The maximum Gasteiger partial charge on any atom is -0.0193 e. The lowest BCUT2D eigenvalue weighted by molar-refractivity contribution is 0.733. The Morgan fingerprint density at radius 2 is 1.67 bits per heavy atom. The Morgan fingerprint density at radius 3 is 2.08 bits per heavy atom. The minimum absolute atomic E-state index is 0. The van der Waals surface area contributed by atoms with Crippen LogP contribution in [-0.4, -0.2) is 5.48 Å². The standard InChI is InChI=1S/C10H14.H3N.H2O/c1-3-9(2)10-7-5-4-6-8-10;;/h4-9H,3H2,1-2H3;1H3;1H2. The fourth-order valence-corrected chi connectivity index (χ4v) is 1.02. The summed E-state index contributed by atoms with van der Waals surface area (Å²) in [6.07, 6.45) is 1.23. The van der Waals surface area contributed by atoms with Crippen LogP contribution in [0.2, 0.25) is 0 Å². The summed E-state index contributed by atoms with van der Waals surface area (Å²) in [5.41, 5.74) is 1.45. The Balaban J connectivity index is 0. The molecule has 1 atom stereocenters. The average molecular weight is 169 g/mol. The lowest BCUT2D eigenvalue weighted by Gasteiger charge is -2.06. The van der Waals surface area contributed by atoms with Gasteiger partial charge in [0.25, 0.3) is 0 Å². The Morgan fingerprint density at radius 1 is 1.17 bits per heavy atom. The second-order valence-corrected chi connectivity index (χ2v) is 2.72. The first-order chi connectivity index (χ1) is 4.84. The molecule has 2 nitrogen and oxygen atoms in total. The largest absolute Gasteiger partial charge is 0.412 e. The summed E-state index contributed by atoms with van der Waals surface area (Å²) in [4.78, 5) is 0. The summed E-state index contributed by atoms with van der Waals surface area (Å²) in [6, 6.07) is 10.6. The van der Waals surface area contributed by atoms with Crippen LogP contribution in [0.3, 0.4) is 0 Å². The van der Waals surface area contributed by atoms with Gasteiger partial charge < -0.3 is 11.6 Å². The van der Waals surface area contributed by atoms with E-state index in [4.69, 9.17) is 0 Å². The summed E-state index contributed by atoms with van der Waals surface area (Å²) in [5, 5.41) is 0. The molecule has 0 aromatic heterocycles. The van der Waals surface area contributed by atoms with Crippen LogP contribution >= 0.6 is 0 Å². The number of benzene rings is 1. The van der Waals surface area contributed by atoms with Crippen molar-refractivity contribution in [3.8, 4) is 0 Å². The van der Waals surface area contributed by atoms with Gasteiger partial charge in [-0.15, -0.1) is 0 Å². The van der Waals surface area contributed by atoms with Gasteiger partial charge in [0, 0.05) is 0 Å². The molecule has 1 aromatic carbocycles. The van der Waals surface area contributed by atoms with E-state index < -0.39 is 0 Å². The first-order valence-corrected chi connectivity index (χ1v) is 3.89. The molecule has 0 aliphatic heterocycles. The van der Waals surface area contributed by atoms with E-state index in [0.717, 1.165) is 0 Å². The smallest absolute Gasteiger partial charge is 0.0193 e. The van der Waals surface area contributed by atoms with Crippen molar-refractivity contribution in [2.75, 3.05) is 0 Å². The van der Waals surface area contributed by atoms with Gasteiger partial charge in [-0.25, -0.2) is 0 Å². The quantitative estimate of drug-likeness (QED) is 0.726. The van der Waals surface area contributed by atoms with Crippen LogP contribution in [0.1, 0.15) is 31.7 Å². The molecule has 0 fully saturated rings. The first-order valence-electron chi connectivity index (χ1n) is 3.89. The molecule has 1 aromatic rings. The summed E-state index contributed by atoms with van der Waals surface area (Å²) < 4.78 is 0. The van der Waals surface area contributed by atoms with Gasteiger partial charge in [-0.3, -0.25) is 0 Å². The molecule has 0 aliphatic rings. The summed E-state index contributed by atoms with van der Waals surface area (Å²) in [5.74, 6) is 0.709. The number of rotatable bonds is 2. The van der Waals surface area contributed by atoms with Crippen LogP contribution in [0.4, 0.5) is 0 Å². The third kappa shape index (κ3) is 3.51. The van der Waals surface area contributed by atoms with Gasteiger partial charge in [-0.05, 0) is 17.9 Å². The van der Waals surface area contributed by atoms with Crippen LogP contribution < -0.4 is 6.15 Å². The van der Waals surface area contributed by atoms with E-state index in [2.05, 4.69) is 44.2 Å². The highest BCUT2D eigenvalue weighted by molar-refractivity contribution is 5.18. The molecular formula is C10H19NO. The van der Waals surface area contributed by atoms with Crippen LogP contribution in [0.25, 0.3) is 0 Å². The molecule has 70 valence electrons. The number of hydrogen-bond acceptors (Lipinski definition) is 1. The highest BCUT2D eigenvalue weighted by Gasteiger charge is 1.98. The Labute approximate surface area is 74.5 Å². The molecule has 12 heavy (non-hydrogen) atoms. The van der Waals surface area contributed by atoms with E-state index in [0.29, 0.717) is 5.92 Å². The maximum absolute atomic E-state index is 2.26. The average Bonchev–Trinajstić information content (AvgIpc) is 2.05. The third-order valence-corrected chi connectivity index (χ3v) is 1.98. The monoisotopic (exact) mass is 169 g/mol. The second kappa shape index (κ2) is 6.83. The van der Waals surface area contributed by atoms with E-state index in [1.165, 1.54) is 12.0 Å². The van der Waals surface area contributed by atoms with E-state index in [1.54, 1.807) is 0 Å². The molecule has 0 saturated carbocycles. The second-order valence-electron chi connectivity index (χ2n) is 2.72. The lowest BCUT2D eigenvalue weighted by atomic mass is 9.99. The van der Waals surface area contributed by atoms with Crippen LogP contribution in [-0.2, 0) is 0 Å². The summed E-state index contributed by atoms with van der Waals surface area (Å²) >= 11 is 0. The molecular weight excluding hydrogens is 150 g/mol. The molecule has 5 N–H and O–H groups in total. The van der Waals surface area contributed by atoms with Crippen molar-refractivity contribution in [3.05, 3.63) is 35.9 Å². The fraction of sp³-hybridized carbons (Fsp3) is 0.400. The minimum atomic E-state index is 0. The fourth-order valence-electron chi connectivity index (χ4n) is 1.02. The van der Waals surface area contributed by atoms with Crippen molar-refractivity contribution < 1.29 is 5.48 Å². The van der Waals surface area contributed by atoms with Gasteiger partial charge in [0.15, 0.2) is 0 Å². The lowest BCUT2D eigenvalue weighted by Crippen LogP contribution is -1.88. The molecule has 1 unspecified atom stereocenters. The molecule has 0 amide bonds. The predicted molar refractivity (Wildman–Crippen MR) is 53.8 cm³/mol. The molecule has 0 spiro atoms. The van der Waals surface area contributed by atoms with Crippen molar-refractivity contribution in [2.45, 2.75) is 26.2 Å². The van der Waals surface area contributed by atoms with Crippen molar-refractivity contribution >= 4 is 0 Å². The highest BCUT2D eigenvalue weighted by Crippen LogP contribution is 2.16. The zero-order valence-electron chi connectivity index (χ0n) is 7.88. The SMILES string of the molecule is CCC(C)c1ccccc1.N.O. The molecule has 1 rings (SSSR count). The summed E-state index contributed by atoms with van der Waals surface area (Å²) in [7, 11) is 0. The molecule has 0 aliphatic carbocycles. The van der Waals surface area contributed by atoms with Crippen molar-refractivity contribution in [2.24, 2.45) is 0 Å². The van der Waals surface area contributed by atoms with Crippen LogP contribution in [0, 0.1) is 0 Å². The summed E-state index contributed by atoms with van der Waals surface area (Å²) in [6.45, 7) is 4.48. The van der Waals surface area contributed by atoms with Gasteiger partial charge >= 0.3 is 0 Å². The zero-order valence-corrected chi connectivity index (χ0v) is 7.88. The van der Waals surface area contributed by atoms with Gasteiger partial charge in [0.2, 0.25) is 0 Å². The minimum Gasteiger partial charge on any atom is -0.412 e. The topological polar surface area (TPSA) is 66.5 Å². The van der Waals surface area contributed by atoms with Gasteiger partial charge in [-0.1, -0.05) is 44.2 Å². The van der Waals surface area contributed by atoms with Crippen molar-refractivity contribution in [1.29, 1.82) is 0 Å². The molecule has 0 bridgehead atoms. The molecule has 0 saturated heterocycles. The van der Waals surface area contributed by atoms with Gasteiger partial charge in [-0.2, -0.15) is 0 Å². The van der Waals surface area contributed by atoms with E-state index >= 15 is 0 Å². The van der Waals surface area contributed by atoms with Crippen molar-refractivity contribution in [3.63, 3.8) is 0 Å². The van der Waals surface area contributed by atoms with Gasteiger partial charge in [0.05, 0.1) is 0 Å². The van der Waals surface area contributed by atoms with Gasteiger partial charge in [0.1, 0.15) is 0 Å². The number of hydrogen-bond donors (Lipinski definition) is 1. The Bertz CT molecular complexity index is 186. The maximum atomic E-state index is 2.26. The Kier molecular flexibility index (Phi) is 7.80. The van der Waals surface area contributed by atoms with E-state index in [1.807, 2.05) is 0 Å². The normalized spacial score (nSPS) is 10.8. The predicted octanol–water partition coefficient (Wildman–Crippen LogP) is 2.54. The highest BCUT2D eigenvalue weighted by atomic mass is 16.0. The van der Waals surface area contributed by atoms with Crippen LogP contribution in [0.15, 0.2) is 30.3 Å². The molecule has 0 heterocycles. The van der Waals surface area contributed by atoms with E-state index in [-0.39, 0.29) is 11.6 Å². The molecule has 2 heteroatoms. The zero-order chi connectivity index (χ0) is 7.40. The Hall–Kier alpha value is -0.860. The third-order valence-electron chi connectivity index (χ3n) is 1.98. The van der Waals surface area contributed by atoms with Crippen molar-refractivity contribution in [1.82, 2.24) is 6.15 Å². The molecule has 0 radical (unpaired) electrons. The first kappa shape index (κ1) is 13.7. The van der Waals surface area contributed by atoms with Crippen LogP contribution in [0.5, 0.6) is 0 Å². The van der Waals surface area contributed by atoms with E-state index in [9.17, 15) is 0 Å².